The van der Waals surface area contributed by atoms with Crippen LogP contribution in [0, 0.1) is 11.8 Å². The van der Waals surface area contributed by atoms with E-state index in [-0.39, 0.29) is 0 Å². The van der Waals surface area contributed by atoms with E-state index in [0.717, 1.165) is 12.3 Å². The van der Waals surface area contributed by atoms with Crippen LogP contribution in [0.3, 0.4) is 0 Å². The Morgan fingerprint density at radius 2 is 1.68 bits per heavy atom. The average Bonchev–Trinajstić information content (AvgIpc) is 3.46. The van der Waals surface area contributed by atoms with Crippen molar-refractivity contribution in [3.63, 3.8) is 0 Å². The summed E-state index contributed by atoms with van der Waals surface area (Å²) >= 11 is 0. The first-order chi connectivity index (χ1) is 13.8. The molecule has 4 rings (SSSR count). The van der Waals surface area contributed by atoms with Crippen LogP contribution in [-0.2, 0) is 6.54 Å². The van der Waals surface area contributed by atoms with E-state index in [2.05, 4.69) is 58.3 Å². The van der Waals surface area contributed by atoms with Gasteiger partial charge >= 0.3 is 0 Å². The van der Waals surface area contributed by atoms with Crippen LogP contribution < -0.4 is 4.74 Å². The number of allylic oxidation sites excluding steroid dienone is 4. The van der Waals surface area contributed by atoms with Gasteiger partial charge in [-0.05, 0) is 41.7 Å². The molecule has 2 aliphatic rings. The highest BCUT2D eigenvalue weighted by molar-refractivity contribution is 5.96. The molecule has 0 spiro atoms. The molecule has 1 aromatic carbocycles. The second kappa shape index (κ2) is 8.76. The number of hydrogen-bond donors (Lipinski definition) is 0. The van der Waals surface area contributed by atoms with Crippen LogP contribution in [0.5, 0.6) is 5.75 Å². The summed E-state index contributed by atoms with van der Waals surface area (Å²) in [7, 11) is 1.71. The summed E-state index contributed by atoms with van der Waals surface area (Å²) in [6.07, 6.45) is 15.7. The van der Waals surface area contributed by atoms with Gasteiger partial charge in [-0.15, -0.1) is 5.10 Å². The Morgan fingerprint density at radius 3 is 2.43 bits per heavy atom. The summed E-state index contributed by atoms with van der Waals surface area (Å²) in [5, 5.41) is 8.69. The maximum Gasteiger partial charge on any atom is 0.118 e. The minimum Gasteiger partial charge on any atom is -0.497 e. The zero-order chi connectivity index (χ0) is 19.3. The largest absolute Gasteiger partial charge is 0.497 e. The van der Waals surface area contributed by atoms with E-state index >= 15 is 0 Å². The van der Waals surface area contributed by atoms with Crippen molar-refractivity contribution in [2.45, 2.75) is 58.4 Å². The number of aryl methyl sites for hydroxylation is 1. The van der Waals surface area contributed by atoms with Gasteiger partial charge in [0, 0.05) is 18.4 Å². The van der Waals surface area contributed by atoms with Gasteiger partial charge in [0.15, 0.2) is 0 Å². The van der Waals surface area contributed by atoms with Gasteiger partial charge in [-0.2, -0.15) is 0 Å². The zero-order valence-electron chi connectivity index (χ0n) is 17.1. The second-order valence-corrected chi connectivity index (χ2v) is 8.00. The van der Waals surface area contributed by atoms with Crippen LogP contribution in [0.15, 0.2) is 42.6 Å². The number of methoxy groups -OCH3 is 1. The number of unbranched alkanes of at least 4 members (excludes halogenated alkanes) is 5. The number of benzene rings is 1. The van der Waals surface area contributed by atoms with Crippen LogP contribution in [0.25, 0.3) is 11.1 Å². The fourth-order valence-corrected chi connectivity index (χ4v) is 4.67. The molecule has 0 radical (unpaired) electrons. The minimum atomic E-state index is 0.490. The third kappa shape index (κ3) is 3.78. The zero-order valence-corrected chi connectivity index (χ0v) is 17.1. The Morgan fingerprint density at radius 1 is 0.964 bits per heavy atom. The molecule has 2 unspecified atom stereocenters. The summed E-state index contributed by atoms with van der Waals surface area (Å²) in [5.41, 5.74) is 5.37. The predicted octanol–water partition coefficient (Wildman–Crippen LogP) is 5.76. The van der Waals surface area contributed by atoms with E-state index < -0.39 is 0 Å². The quantitative estimate of drug-likeness (QED) is 0.390. The van der Waals surface area contributed by atoms with E-state index in [0.29, 0.717) is 11.8 Å². The highest BCUT2D eigenvalue weighted by Crippen LogP contribution is 2.52. The van der Waals surface area contributed by atoms with Gasteiger partial charge in [-0.25, -0.2) is 4.68 Å². The van der Waals surface area contributed by atoms with Gasteiger partial charge in [0.05, 0.1) is 19.0 Å². The molecule has 1 heterocycles. The van der Waals surface area contributed by atoms with Crippen LogP contribution in [0.2, 0.25) is 0 Å². The average molecular weight is 378 g/mol. The predicted molar refractivity (Wildman–Crippen MR) is 114 cm³/mol. The molecular formula is C24H31N3O. The van der Waals surface area contributed by atoms with E-state index in [1.54, 1.807) is 7.11 Å². The molecule has 2 atom stereocenters. The Labute approximate surface area is 168 Å². The molecule has 4 heteroatoms. The molecule has 0 aliphatic heterocycles. The number of fused-ring (bicyclic) bond motifs is 2. The van der Waals surface area contributed by atoms with Crippen LogP contribution in [0.4, 0.5) is 0 Å². The van der Waals surface area contributed by atoms with Gasteiger partial charge in [-0.3, -0.25) is 0 Å². The standard InChI is InChI=1S/C24H31N3O/c1-3-4-5-6-7-8-15-27-22(17-25-26-27)24-20-10-9-19(16-20)23(24)18-11-13-21(28-2)14-12-18/h9-14,17,19-20H,3-8,15-16H2,1-2H3. The van der Waals surface area contributed by atoms with Gasteiger partial charge in [0.1, 0.15) is 5.75 Å². The van der Waals surface area contributed by atoms with Crippen LogP contribution in [-0.4, -0.2) is 22.1 Å². The Kier molecular flexibility index (Phi) is 5.94. The maximum absolute atomic E-state index is 5.34. The van der Waals surface area contributed by atoms with Crippen molar-refractivity contribution in [2.24, 2.45) is 11.8 Å². The fraction of sp³-hybridized carbons (Fsp3) is 0.500. The normalized spacial score (nSPS) is 20.4. The Bertz CT molecular complexity index is 847. The Balaban J connectivity index is 1.55. The van der Waals surface area contributed by atoms with Crippen LogP contribution in [0.1, 0.15) is 63.1 Å². The summed E-state index contributed by atoms with van der Waals surface area (Å²) in [6, 6.07) is 8.48. The molecule has 0 saturated heterocycles. The molecule has 2 aliphatic carbocycles. The Hall–Kier alpha value is -2.36. The summed E-state index contributed by atoms with van der Waals surface area (Å²) < 4.78 is 7.47. The molecule has 2 aromatic rings. The van der Waals surface area contributed by atoms with Crippen molar-refractivity contribution in [3.05, 3.63) is 53.9 Å². The molecule has 0 saturated carbocycles. The first-order valence-electron chi connectivity index (χ1n) is 10.8. The maximum atomic E-state index is 5.34. The van der Waals surface area contributed by atoms with Crippen LogP contribution >= 0.6 is 0 Å². The van der Waals surface area contributed by atoms with Gasteiger partial charge in [0.25, 0.3) is 0 Å². The first kappa shape index (κ1) is 19.0. The summed E-state index contributed by atoms with van der Waals surface area (Å²) in [4.78, 5) is 0. The highest BCUT2D eigenvalue weighted by atomic mass is 16.5. The molecule has 0 N–H and O–H groups in total. The topological polar surface area (TPSA) is 39.9 Å². The number of ether oxygens (including phenoxy) is 1. The van der Waals surface area contributed by atoms with Gasteiger partial charge in [0.2, 0.25) is 0 Å². The number of rotatable bonds is 10. The van der Waals surface area contributed by atoms with Crippen molar-refractivity contribution in [1.29, 1.82) is 0 Å². The molecule has 0 amide bonds. The van der Waals surface area contributed by atoms with Crippen molar-refractivity contribution in [1.82, 2.24) is 15.0 Å². The fourth-order valence-electron chi connectivity index (χ4n) is 4.67. The first-order valence-corrected chi connectivity index (χ1v) is 10.8. The number of aromatic nitrogens is 3. The molecular weight excluding hydrogens is 346 g/mol. The second-order valence-electron chi connectivity index (χ2n) is 8.00. The van der Waals surface area contributed by atoms with E-state index in [1.807, 2.05) is 6.20 Å². The molecule has 148 valence electrons. The molecule has 4 nitrogen and oxygen atoms in total. The minimum absolute atomic E-state index is 0.490. The lowest BCUT2D eigenvalue weighted by molar-refractivity contribution is 0.415. The third-order valence-corrected chi connectivity index (χ3v) is 6.13. The van der Waals surface area contributed by atoms with Crippen molar-refractivity contribution < 1.29 is 4.74 Å². The smallest absolute Gasteiger partial charge is 0.118 e. The van der Waals surface area contributed by atoms with Gasteiger partial charge in [-0.1, -0.05) is 68.5 Å². The number of nitrogens with zero attached hydrogens (tertiary/aromatic N) is 3. The van der Waals surface area contributed by atoms with Gasteiger partial charge < -0.3 is 4.74 Å². The lowest BCUT2D eigenvalue weighted by Crippen LogP contribution is -2.08. The third-order valence-electron chi connectivity index (χ3n) is 6.13. The lowest BCUT2D eigenvalue weighted by Gasteiger charge is -2.18. The number of hydrogen-bond acceptors (Lipinski definition) is 3. The highest BCUT2D eigenvalue weighted by Gasteiger charge is 2.37. The summed E-state index contributed by atoms with van der Waals surface area (Å²) in [5.74, 6) is 1.90. The molecule has 2 bridgehead atoms. The lowest BCUT2D eigenvalue weighted by atomic mass is 9.89. The van der Waals surface area contributed by atoms with E-state index in [4.69, 9.17) is 4.74 Å². The SMILES string of the molecule is CCCCCCCCn1nncc1C1=C(c2ccc(OC)cc2)C2C=CC1C2. The molecule has 28 heavy (non-hydrogen) atoms. The summed E-state index contributed by atoms with van der Waals surface area (Å²) in [6.45, 7) is 3.22. The molecule has 0 fully saturated rings. The van der Waals surface area contributed by atoms with Crippen molar-refractivity contribution in [3.8, 4) is 5.75 Å². The molecule has 1 aromatic heterocycles. The van der Waals surface area contributed by atoms with Crippen molar-refractivity contribution in [2.75, 3.05) is 7.11 Å². The van der Waals surface area contributed by atoms with Crippen molar-refractivity contribution >= 4 is 11.1 Å². The van der Waals surface area contributed by atoms with E-state index in [1.165, 1.54) is 67.3 Å². The monoisotopic (exact) mass is 377 g/mol. The van der Waals surface area contributed by atoms with E-state index in [9.17, 15) is 0 Å².